The van der Waals surface area contributed by atoms with Crippen molar-refractivity contribution < 1.29 is 14.3 Å². The van der Waals surface area contributed by atoms with Crippen LogP contribution < -0.4 is 5.32 Å². The maximum absolute atomic E-state index is 12.8. The highest BCUT2D eigenvalue weighted by Gasteiger charge is 2.13. The predicted octanol–water partition coefficient (Wildman–Crippen LogP) is 4.38. The Kier molecular flexibility index (Phi) is 5.22. The van der Waals surface area contributed by atoms with E-state index < -0.39 is 11.7 Å². The zero-order valence-corrected chi connectivity index (χ0v) is 13.0. The highest BCUT2D eigenvalue weighted by atomic mass is 35.5. The molecule has 2 aromatic rings. The molecule has 0 radical (unpaired) electrons. The largest absolute Gasteiger partial charge is 0.506 e. The molecule has 0 spiro atoms. The zero-order valence-electron chi connectivity index (χ0n) is 11.5. The summed E-state index contributed by atoms with van der Waals surface area (Å²) in [6.45, 7) is 0. The molecule has 0 atom stereocenters. The number of hydrogen-bond donors (Lipinski definition) is 2. The first-order valence-electron chi connectivity index (χ1n) is 6.27. The highest BCUT2D eigenvalue weighted by Crippen LogP contribution is 2.32. The lowest BCUT2D eigenvalue weighted by Gasteiger charge is -2.06. The second kappa shape index (κ2) is 7.14. The van der Waals surface area contributed by atoms with Gasteiger partial charge in [0, 0.05) is 16.3 Å². The van der Waals surface area contributed by atoms with E-state index in [2.05, 4.69) is 5.32 Å². The molecule has 116 valence electrons. The van der Waals surface area contributed by atoms with E-state index in [1.54, 1.807) is 6.07 Å². The van der Waals surface area contributed by atoms with E-state index in [0.717, 1.165) is 6.08 Å². The second-order valence-corrected chi connectivity index (χ2v) is 5.30. The van der Waals surface area contributed by atoms with Gasteiger partial charge in [-0.05, 0) is 42.5 Å². The molecule has 7 heteroatoms. The van der Waals surface area contributed by atoms with Crippen LogP contribution in [0.4, 0.5) is 10.1 Å². The first-order valence-corrected chi connectivity index (χ1v) is 7.03. The Morgan fingerprint density at radius 3 is 2.52 bits per heavy atom. The van der Waals surface area contributed by atoms with Crippen molar-refractivity contribution in [1.82, 2.24) is 0 Å². The van der Waals surface area contributed by atoms with Gasteiger partial charge in [0.1, 0.15) is 23.2 Å². The fourth-order valence-electron chi connectivity index (χ4n) is 1.73. The Bertz CT molecular complexity index is 827. The summed E-state index contributed by atoms with van der Waals surface area (Å²) in [4.78, 5) is 12.1. The lowest BCUT2D eigenvalue weighted by molar-refractivity contribution is -0.112. The lowest BCUT2D eigenvalue weighted by atomic mass is 10.1. The zero-order chi connectivity index (χ0) is 17.0. The fourth-order valence-corrected chi connectivity index (χ4v) is 2.24. The van der Waals surface area contributed by atoms with Gasteiger partial charge >= 0.3 is 0 Å². The van der Waals surface area contributed by atoms with Crippen LogP contribution in [0.25, 0.3) is 6.08 Å². The average molecular weight is 351 g/mol. The van der Waals surface area contributed by atoms with Crippen LogP contribution in [0.2, 0.25) is 10.0 Å². The van der Waals surface area contributed by atoms with Gasteiger partial charge in [-0.15, -0.1) is 0 Å². The summed E-state index contributed by atoms with van der Waals surface area (Å²) in [7, 11) is 0. The van der Waals surface area contributed by atoms with Crippen molar-refractivity contribution in [3.8, 4) is 11.8 Å². The minimum atomic E-state index is -0.713. The molecule has 0 bridgehead atoms. The predicted molar refractivity (Wildman–Crippen MR) is 86.7 cm³/mol. The number of amides is 1. The van der Waals surface area contributed by atoms with Gasteiger partial charge in [0.15, 0.2) is 0 Å². The molecular weight excluding hydrogens is 342 g/mol. The van der Waals surface area contributed by atoms with Crippen molar-refractivity contribution in [2.45, 2.75) is 0 Å². The summed E-state index contributed by atoms with van der Waals surface area (Å²) in [5.41, 5.74) is 0.183. The van der Waals surface area contributed by atoms with Crippen LogP contribution >= 0.6 is 23.2 Å². The number of halogens is 3. The summed E-state index contributed by atoms with van der Waals surface area (Å²) in [6, 6.07) is 9.49. The number of nitrogens with zero attached hydrogens (tertiary/aromatic N) is 1. The van der Waals surface area contributed by atoms with E-state index in [4.69, 9.17) is 28.5 Å². The molecule has 0 heterocycles. The number of phenolic OH excluding ortho intramolecular Hbond substituents is 1. The van der Waals surface area contributed by atoms with Crippen LogP contribution in [-0.4, -0.2) is 11.0 Å². The van der Waals surface area contributed by atoms with Crippen LogP contribution in [0, 0.1) is 17.1 Å². The van der Waals surface area contributed by atoms with E-state index in [-0.39, 0.29) is 26.9 Å². The third kappa shape index (κ3) is 4.22. The molecule has 2 rings (SSSR count). The number of carbonyl (C=O) groups excluding carboxylic acids is 1. The molecule has 2 aromatic carbocycles. The molecular formula is C16H9Cl2FN2O2. The number of nitriles is 1. The Morgan fingerprint density at radius 2 is 1.91 bits per heavy atom. The minimum absolute atomic E-state index is 0.0000162. The van der Waals surface area contributed by atoms with E-state index in [0.29, 0.717) is 5.69 Å². The van der Waals surface area contributed by atoms with Gasteiger partial charge in [-0.2, -0.15) is 5.26 Å². The standard InChI is InChI=1S/C16H9Cl2FN2O2/c17-11-6-9(15(22)14(18)7-11)5-10(8-20)16(23)21-13-3-1-12(19)2-4-13/h1-7,22H,(H,21,23)/b10-5+. The fraction of sp³-hybridized carbons (Fsp3) is 0. The number of anilines is 1. The van der Waals surface area contributed by atoms with E-state index >= 15 is 0 Å². The van der Waals surface area contributed by atoms with Gasteiger partial charge < -0.3 is 10.4 Å². The molecule has 0 aliphatic carbocycles. The number of carbonyl (C=O) groups is 1. The molecule has 0 fully saturated rings. The van der Waals surface area contributed by atoms with Gasteiger partial charge in [0.25, 0.3) is 5.91 Å². The van der Waals surface area contributed by atoms with Crippen molar-refractivity contribution in [2.75, 3.05) is 5.32 Å². The molecule has 0 unspecified atom stereocenters. The van der Waals surface area contributed by atoms with Gasteiger partial charge in [0.05, 0.1) is 5.02 Å². The number of nitrogens with one attached hydrogen (secondary N) is 1. The third-order valence-electron chi connectivity index (χ3n) is 2.82. The Labute approximate surface area is 141 Å². The van der Waals surface area contributed by atoms with E-state index in [1.807, 2.05) is 0 Å². The number of aromatic hydroxyl groups is 1. The van der Waals surface area contributed by atoms with Crippen LogP contribution in [0.15, 0.2) is 42.0 Å². The molecule has 1 amide bonds. The van der Waals surface area contributed by atoms with Crippen molar-refractivity contribution in [3.05, 3.63) is 63.4 Å². The van der Waals surface area contributed by atoms with Gasteiger partial charge in [-0.1, -0.05) is 23.2 Å². The number of hydrogen-bond acceptors (Lipinski definition) is 3. The smallest absolute Gasteiger partial charge is 0.266 e. The maximum Gasteiger partial charge on any atom is 0.266 e. The average Bonchev–Trinajstić information content (AvgIpc) is 2.51. The second-order valence-electron chi connectivity index (χ2n) is 4.46. The van der Waals surface area contributed by atoms with Gasteiger partial charge in [-0.3, -0.25) is 4.79 Å². The summed E-state index contributed by atoms with van der Waals surface area (Å²) in [5.74, 6) is -1.45. The molecule has 0 saturated heterocycles. The molecule has 0 saturated carbocycles. The maximum atomic E-state index is 12.8. The highest BCUT2D eigenvalue weighted by molar-refractivity contribution is 6.36. The summed E-state index contributed by atoms with van der Waals surface area (Å²) in [6.07, 6.45) is 1.16. The normalized spacial score (nSPS) is 11.0. The topological polar surface area (TPSA) is 73.1 Å². The molecule has 0 aliphatic heterocycles. The van der Waals surface area contributed by atoms with Gasteiger partial charge in [0.2, 0.25) is 0 Å². The molecule has 4 nitrogen and oxygen atoms in total. The monoisotopic (exact) mass is 350 g/mol. The Morgan fingerprint density at radius 1 is 1.26 bits per heavy atom. The third-order valence-corrected chi connectivity index (χ3v) is 3.33. The first-order chi connectivity index (χ1) is 10.9. The number of benzene rings is 2. The minimum Gasteiger partial charge on any atom is -0.506 e. The first kappa shape index (κ1) is 16.8. The lowest BCUT2D eigenvalue weighted by Crippen LogP contribution is -2.13. The van der Waals surface area contributed by atoms with E-state index in [9.17, 15) is 14.3 Å². The van der Waals surface area contributed by atoms with Crippen molar-refractivity contribution in [2.24, 2.45) is 0 Å². The van der Waals surface area contributed by atoms with Crippen LogP contribution in [0.5, 0.6) is 5.75 Å². The summed E-state index contributed by atoms with van der Waals surface area (Å²) >= 11 is 11.6. The Balaban J connectivity index is 2.30. The van der Waals surface area contributed by atoms with Crippen LogP contribution in [0.3, 0.4) is 0 Å². The molecule has 2 N–H and O–H groups in total. The summed E-state index contributed by atoms with van der Waals surface area (Å²) < 4.78 is 12.8. The Hall–Kier alpha value is -2.55. The van der Waals surface area contributed by atoms with Crippen molar-refractivity contribution in [3.63, 3.8) is 0 Å². The SMILES string of the molecule is N#C/C(=C\c1cc(Cl)cc(Cl)c1O)C(=O)Nc1ccc(F)cc1. The number of phenols is 1. The molecule has 23 heavy (non-hydrogen) atoms. The summed E-state index contributed by atoms with van der Waals surface area (Å²) in [5, 5.41) is 21.7. The van der Waals surface area contributed by atoms with E-state index in [1.165, 1.54) is 36.4 Å². The number of rotatable bonds is 3. The van der Waals surface area contributed by atoms with Gasteiger partial charge in [-0.25, -0.2) is 4.39 Å². The molecule has 0 aromatic heterocycles. The van der Waals surface area contributed by atoms with Crippen LogP contribution in [0.1, 0.15) is 5.56 Å². The quantitative estimate of drug-likeness (QED) is 0.637. The van der Waals surface area contributed by atoms with Crippen LogP contribution in [-0.2, 0) is 4.79 Å². The van der Waals surface area contributed by atoms with Crippen molar-refractivity contribution >= 4 is 40.9 Å². The van der Waals surface area contributed by atoms with Crippen molar-refractivity contribution in [1.29, 1.82) is 5.26 Å². The molecule has 0 aliphatic rings.